The molecule has 1 N–H and O–H groups in total. The van der Waals surface area contributed by atoms with Gasteiger partial charge in [-0.25, -0.2) is 4.79 Å². The Hall–Kier alpha value is -2.63. The second-order valence-corrected chi connectivity index (χ2v) is 12.5. The lowest BCUT2D eigenvalue weighted by Crippen LogP contribution is -2.45. The van der Waals surface area contributed by atoms with Gasteiger partial charge in [0.25, 0.3) is 5.56 Å². The fraction of sp³-hybridized carbons (Fsp3) is 0.621. The average molecular weight is 481 g/mol. The smallest absolute Gasteiger partial charge is 0.331 e. The lowest BCUT2D eigenvalue weighted by Gasteiger charge is -2.28. The van der Waals surface area contributed by atoms with Gasteiger partial charge in [0.15, 0.2) is 5.78 Å². The molecule has 0 bridgehead atoms. The quantitative estimate of drug-likeness (QED) is 0.611. The van der Waals surface area contributed by atoms with E-state index in [0.717, 1.165) is 55.3 Å². The summed E-state index contributed by atoms with van der Waals surface area (Å²) in [7, 11) is 0. The number of Topliss-reactive ketones (excluding diaryl/α,β-unsaturated/α-hetero) is 1. The van der Waals surface area contributed by atoms with E-state index in [1.165, 1.54) is 4.57 Å². The van der Waals surface area contributed by atoms with E-state index in [2.05, 4.69) is 0 Å². The van der Waals surface area contributed by atoms with Gasteiger partial charge < -0.3 is 5.11 Å². The Morgan fingerprint density at radius 2 is 1.49 bits per heavy atom. The normalized spacial score (nSPS) is 17.0. The van der Waals surface area contributed by atoms with Crippen LogP contribution in [0.1, 0.15) is 119 Å². The summed E-state index contributed by atoms with van der Waals surface area (Å²) >= 11 is 0. The second-order valence-electron chi connectivity index (χ2n) is 12.5. The molecule has 2 aliphatic rings. The first-order valence-electron chi connectivity index (χ1n) is 13.1. The van der Waals surface area contributed by atoms with Crippen LogP contribution in [0.5, 0.6) is 5.75 Å². The van der Waals surface area contributed by atoms with Gasteiger partial charge in [-0.3, -0.25) is 18.7 Å². The summed E-state index contributed by atoms with van der Waals surface area (Å²) in [5, 5.41) is 11.0. The molecule has 0 aliphatic heterocycles. The highest BCUT2D eigenvalue weighted by molar-refractivity contribution is 5.96. The minimum Gasteiger partial charge on any atom is -0.507 e. The number of phenols is 1. The molecule has 0 spiro atoms. The first-order chi connectivity index (χ1) is 16.3. The van der Waals surface area contributed by atoms with Crippen molar-refractivity contribution in [3.05, 3.63) is 60.9 Å². The van der Waals surface area contributed by atoms with E-state index in [-0.39, 0.29) is 46.2 Å². The largest absolute Gasteiger partial charge is 0.507 e. The predicted octanol–water partition coefficient (Wildman–Crippen LogP) is 5.19. The third-order valence-electron chi connectivity index (χ3n) is 7.72. The third-order valence-corrected chi connectivity index (χ3v) is 7.72. The molecule has 0 radical (unpaired) electrons. The van der Waals surface area contributed by atoms with Gasteiger partial charge in [0.1, 0.15) is 5.75 Å². The lowest BCUT2D eigenvalue weighted by atomic mass is 9.78. The zero-order valence-corrected chi connectivity index (χ0v) is 22.2. The predicted molar refractivity (Wildman–Crippen MR) is 139 cm³/mol. The highest BCUT2D eigenvalue weighted by atomic mass is 16.3. The van der Waals surface area contributed by atoms with Gasteiger partial charge in [-0.2, -0.15) is 0 Å². The second kappa shape index (κ2) is 9.11. The molecule has 35 heavy (non-hydrogen) atoms. The summed E-state index contributed by atoms with van der Waals surface area (Å²) in [6.07, 6.45) is 6.99. The summed E-state index contributed by atoms with van der Waals surface area (Å²) < 4.78 is 3.02. The Morgan fingerprint density at radius 3 is 2.03 bits per heavy atom. The fourth-order valence-corrected chi connectivity index (χ4v) is 5.73. The van der Waals surface area contributed by atoms with Crippen molar-refractivity contribution in [1.82, 2.24) is 9.13 Å². The maximum atomic E-state index is 13.7. The number of benzene rings is 1. The number of carbonyl (C=O) groups excluding carboxylic acids is 1. The van der Waals surface area contributed by atoms with Crippen LogP contribution in [-0.2, 0) is 30.2 Å². The van der Waals surface area contributed by atoms with Crippen molar-refractivity contribution in [1.29, 1.82) is 0 Å². The number of fused-ring (bicyclic) bond motifs is 1. The fourth-order valence-electron chi connectivity index (χ4n) is 5.73. The topological polar surface area (TPSA) is 81.3 Å². The van der Waals surface area contributed by atoms with Crippen molar-refractivity contribution >= 4 is 5.78 Å². The highest BCUT2D eigenvalue weighted by Gasteiger charge is 2.30. The Balaban J connectivity index is 1.82. The molecule has 1 heterocycles. The number of nitrogens with zero attached hydrogens (tertiary/aromatic N) is 2. The van der Waals surface area contributed by atoms with Crippen molar-refractivity contribution in [3.8, 4) is 5.75 Å². The van der Waals surface area contributed by atoms with Gasteiger partial charge in [-0.05, 0) is 55.1 Å². The van der Waals surface area contributed by atoms with Crippen LogP contribution in [-0.4, -0.2) is 20.0 Å². The number of rotatable bonds is 4. The zero-order valence-electron chi connectivity index (χ0n) is 22.2. The minimum absolute atomic E-state index is 0.0790. The first-order valence-corrected chi connectivity index (χ1v) is 13.1. The summed E-state index contributed by atoms with van der Waals surface area (Å²) in [5.41, 5.74) is 2.17. The Bertz CT molecular complexity index is 1230. The molecule has 1 fully saturated rings. The number of ketones is 1. The summed E-state index contributed by atoms with van der Waals surface area (Å²) in [5.74, 6) is 0.0523. The van der Waals surface area contributed by atoms with Crippen LogP contribution in [0.2, 0.25) is 0 Å². The molecule has 0 unspecified atom stereocenters. The van der Waals surface area contributed by atoms with E-state index in [4.69, 9.17) is 0 Å². The van der Waals surface area contributed by atoms with Crippen LogP contribution in [0.3, 0.4) is 0 Å². The van der Waals surface area contributed by atoms with Crippen molar-refractivity contribution in [2.75, 3.05) is 0 Å². The number of aromatic hydroxyl groups is 1. The standard InChI is InChI=1S/C29H40N2O4/c1-28(2,3)21-15-18(16-22(25(21)33)29(4,5)6)24(32)17-30-23-14-10-13-20(23)26(34)31(27(30)35)19-11-8-7-9-12-19/h15-16,19,33H,7-14,17H2,1-6H3. The molecule has 190 valence electrons. The van der Waals surface area contributed by atoms with Gasteiger partial charge in [0.05, 0.1) is 6.54 Å². The lowest BCUT2D eigenvalue weighted by molar-refractivity contribution is 0.0967. The van der Waals surface area contributed by atoms with E-state index < -0.39 is 0 Å². The molecule has 2 aliphatic carbocycles. The van der Waals surface area contributed by atoms with Crippen molar-refractivity contribution in [3.63, 3.8) is 0 Å². The molecule has 2 aromatic rings. The Kier molecular flexibility index (Phi) is 6.62. The van der Waals surface area contributed by atoms with Crippen LogP contribution in [0.15, 0.2) is 21.7 Å². The zero-order chi connectivity index (χ0) is 25.7. The van der Waals surface area contributed by atoms with Crippen molar-refractivity contribution < 1.29 is 9.90 Å². The van der Waals surface area contributed by atoms with Crippen LogP contribution in [0, 0.1) is 0 Å². The number of aromatic nitrogens is 2. The molecule has 0 amide bonds. The first kappa shape index (κ1) is 25.5. The monoisotopic (exact) mass is 480 g/mol. The van der Waals surface area contributed by atoms with Crippen LogP contribution in [0.25, 0.3) is 0 Å². The van der Waals surface area contributed by atoms with E-state index in [0.29, 0.717) is 24.0 Å². The SMILES string of the molecule is CC(C)(C)c1cc(C(=O)Cn2c3c(c(=O)n(C4CCCCC4)c2=O)CCC3)cc(C(C)(C)C)c1O. The number of hydrogen-bond acceptors (Lipinski definition) is 4. The van der Waals surface area contributed by atoms with E-state index in [1.54, 1.807) is 16.7 Å². The summed E-state index contributed by atoms with van der Waals surface area (Å²) in [6.45, 7) is 12.0. The molecule has 0 saturated heterocycles. The number of hydrogen-bond donors (Lipinski definition) is 1. The van der Waals surface area contributed by atoms with E-state index >= 15 is 0 Å². The van der Waals surface area contributed by atoms with E-state index in [1.807, 2.05) is 41.5 Å². The number of phenolic OH excluding ortho intramolecular Hbond substituents is 1. The molecule has 1 aromatic carbocycles. The summed E-state index contributed by atoms with van der Waals surface area (Å²) in [6, 6.07) is 3.47. The third kappa shape index (κ3) is 4.76. The molecular formula is C29H40N2O4. The molecular weight excluding hydrogens is 440 g/mol. The van der Waals surface area contributed by atoms with Gasteiger partial charge in [-0.1, -0.05) is 60.8 Å². The maximum absolute atomic E-state index is 13.7. The molecule has 0 atom stereocenters. The van der Waals surface area contributed by atoms with Crippen molar-refractivity contribution in [2.24, 2.45) is 0 Å². The number of carbonyl (C=O) groups is 1. The molecule has 6 heteroatoms. The van der Waals surface area contributed by atoms with Gasteiger partial charge in [-0.15, -0.1) is 0 Å². The summed E-state index contributed by atoms with van der Waals surface area (Å²) in [4.78, 5) is 40.6. The molecule has 1 aromatic heterocycles. The molecule has 4 rings (SSSR count). The van der Waals surface area contributed by atoms with Crippen LogP contribution >= 0.6 is 0 Å². The Labute approximate surface area is 208 Å². The van der Waals surface area contributed by atoms with Crippen LogP contribution < -0.4 is 11.2 Å². The van der Waals surface area contributed by atoms with Gasteiger partial charge in [0.2, 0.25) is 0 Å². The van der Waals surface area contributed by atoms with Gasteiger partial charge >= 0.3 is 5.69 Å². The minimum atomic E-state index is -0.354. The van der Waals surface area contributed by atoms with Gasteiger partial charge in [0, 0.05) is 34.0 Å². The molecule has 6 nitrogen and oxygen atoms in total. The van der Waals surface area contributed by atoms with Crippen molar-refractivity contribution in [2.45, 2.75) is 116 Å². The molecule has 1 saturated carbocycles. The van der Waals surface area contributed by atoms with E-state index in [9.17, 15) is 19.5 Å². The maximum Gasteiger partial charge on any atom is 0.331 e. The van der Waals surface area contributed by atoms with Crippen LogP contribution in [0.4, 0.5) is 0 Å². The Morgan fingerprint density at radius 1 is 0.914 bits per heavy atom. The highest BCUT2D eigenvalue weighted by Crippen LogP contribution is 2.40. The average Bonchev–Trinajstić information content (AvgIpc) is 3.26.